The molecule has 0 radical (unpaired) electrons. The molecule has 2 aromatic carbocycles. The first-order chi connectivity index (χ1) is 17.3. The highest BCUT2D eigenvalue weighted by Gasteiger charge is 2.24. The van der Waals surface area contributed by atoms with Crippen molar-refractivity contribution in [2.45, 2.75) is 26.4 Å². The van der Waals surface area contributed by atoms with Crippen LogP contribution in [0.4, 0.5) is 16.3 Å². The molecule has 0 spiro atoms. The highest BCUT2D eigenvalue weighted by atomic mass is 16.5. The van der Waals surface area contributed by atoms with Gasteiger partial charge in [0, 0.05) is 17.5 Å². The highest BCUT2D eigenvalue weighted by Crippen LogP contribution is 2.39. The molecule has 3 rings (SSSR count). The number of amides is 2. The van der Waals surface area contributed by atoms with E-state index in [9.17, 15) is 9.59 Å². The third-order valence-corrected chi connectivity index (χ3v) is 5.39. The van der Waals surface area contributed by atoms with Crippen LogP contribution in [0, 0.1) is 5.92 Å². The van der Waals surface area contributed by atoms with Gasteiger partial charge in [0.15, 0.2) is 17.3 Å². The number of nitrogens with zero attached hydrogens (tertiary/aromatic N) is 2. The van der Waals surface area contributed by atoms with Gasteiger partial charge in [-0.25, -0.2) is 19.6 Å². The van der Waals surface area contributed by atoms with Gasteiger partial charge in [-0.3, -0.25) is 0 Å². The summed E-state index contributed by atoms with van der Waals surface area (Å²) in [5.74, 6) is 1.64. The largest absolute Gasteiger partial charge is 0.493 e. The van der Waals surface area contributed by atoms with Crippen molar-refractivity contribution < 1.29 is 28.5 Å². The zero-order chi connectivity index (χ0) is 26.2. The van der Waals surface area contributed by atoms with E-state index in [1.807, 2.05) is 38.1 Å². The van der Waals surface area contributed by atoms with Gasteiger partial charge < -0.3 is 34.9 Å². The van der Waals surface area contributed by atoms with Crippen molar-refractivity contribution in [2.75, 3.05) is 39.1 Å². The fourth-order valence-electron chi connectivity index (χ4n) is 3.57. The summed E-state index contributed by atoms with van der Waals surface area (Å²) < 4.78 is 20.9. The predicted octanol–water partition coefficient (Wildman–Crippen LogP) is 3.59. The Morgan fingerprint density at radius 2 is 1.61 bits per heavy atom. The number of carbonyl (C=O) groups is 2. The smallest absolute Gasteiger partial charge is 0.328 e. The molecule has 3 N–H and O–H groups in total. The molecule has 0 saturated carbocycles. The lowest BCUT2D eigenvalue weighted by molar-refractivity contribution is -0.142. The van der Waals surface area contributed by atoms with Gasteiger partial charge in [0.25, 0.3) is 0 Å². The third kappa shape index (κ3) is 6.04. The summed E-state index contributed by atoms with van der Waals surface area (Å²) in [6.07, 6.45) is 0. The zero-order valence-electron chi connectivity index (χ0n) is 21.2. The van der Waals surface area contributed by atoms with Crippen molar-refractivity contribution in [3.05, 3.63) is 42.2 Å². The second-order valence-corrected chi connectivity index (χ2v) is 8.12. The molecule has 0 saturated heterocycles. The van der Waals surface area contributed by atoms with Crippen molar-refractivity contribution in [3.63, 3.8) is 0 Å². The van der Waals surface area contributed by atoms with E-state index < -0.39 is 18.0 Å². The molecule has 0 aliphatic rings. The molecule has 11 heteroatoms. The summed E-state index contributed by atoms with van der Waals surface area (Å²) in [6.45, 7) is 3.86. The average Bonchev–Trinajstić information content (AvgIpc) is 2.89. The molecular weight excluding hydrogens is 466 g/mol. The summed E-state index contributed by atoms with van der Waals surface area (Å²) in [7, 11) is 5.84. The van der Waals surface area contributed by atoms with E-state index in [4.69, 9.17) is 18.9 Å². The molecule has 1 heterocycles. The van der Waals surface area contributed by atoms with Crippen molar-refractivity contribution in [1.82, 2.24) is 15.3 Å². The molecule has 3 aromatic rings. The maximum Gasteiger partial charge on any atom is 0.328 e. The first-order valence-electron chi connectivity index (χ1n) is 11.3. The third-order valence-electron chi connectivity index (χ3n) is 5.39. The van der Waals surface area contributed by atoms with Gasteiger partial charge in [0.2, 0.25) is 5.75 Å². The number of hydrogen-bond acceptors (Lipinski definition) is 9. The number of rotatable bonds is 10. The number of para-hydroxylation sites is 1. The van der Waals surface area contributed by atoms with Crippen LogP contribution in [-0.4, -0.2) is 56.4 Å². The minimum Gasteiger partial charge on any atom is -0.493 e. The maximum atomic E-state index is 12.6. The van der Waals surface area contributed by atoms with Crippen molar-refractivity contribution in [2.24, 2.45) is 5.92 Å². The molecule has 2 amide bonds. The molecule has 0 aliphatic heterocycles. The second-order valence-electron chi connectivity index (χ2n) is 8.12. The van der Waals surface area contributed by atoms with Gasteiger partial charge in [0.1, 0.15) is 11.9 Å². The first kappa shape index (κ1) is 26.3. The highest BCUT2D eigenvalue weighted by molar-refractivity contribution is 5.92. The SMILES string of the molecule is COC(=O)[C@@H](Nc1nc(CNC(=O)Nc2cc(OC)c(OC)c(OC)c2)nc2ccccc12)C(C)C. The molecule has 11 nitrogen and oxygen atoms in total. The summed E-state index contributed by atoms with van der Waals surface area (Å²) in [6, 6.07) is 9.58. The van der Waals surface area contributed by atoms with Crippen molar-refractivity contribution in [3.8, 4) is 17.2 Å². The number of esters is 1. The molecule has 36 heavy (non-hydrogen) atoms. The van der Waals surface area contributed by atoms with E-state index in [-0.39, 0.29) is 12.5 Å². The van der Waals surface area contributed by atoms with Crippen LogP contribution in [0.5, 0.6) is 17.2 Å². The van der Waals surface area contributed by atoms with E-state index in [2.05, 4.69) is 25.9 Å². The quantitative estimate of drug-likeness (QED) is 0.359. The standard InChI is InChI=1S/C25H31N5O6/c1-14(2)21(24(31)36-6)30-23-16-9-7-8-10-17(16)28-20(29-23)13-26-25(32)27-15-11-18(33-3)22(35-5)19(12-15)34-4/h7-12,14,21H,13H2,1-6H3,(H2,26,27,32)(H,28,29,30)/t21-/m0/s1. The second kappa shape index (κ2) is 11.9. The van der Waals surface area contributed by atoms with E-state index >= 15 is 0 Å². The average molecular weight is 498 g/mol. The number of methoxy groups -OCH3 is 4. The first-order valence-corrected chi connectivity index (χ1v) is 11.3. The van der Waals surface area contributed by atoms with Crippen LogP contribution >= 0.6 is 0 Å². The maximum absolute atomic E-state index is 12.6. The van der Waals surface area contributed by atoms with E-state index in [0.717, 1.165) is 5.39 Å². The van der Waals surface area contributed by atoms with Gasteiger partial charge in [-0.1, -0.05) is 26.0 Å². The van der Waals surface area contributed by atoms with Gasteiger partial charge in [-0.05, 0) is 18.1 Å². The van der Waals surface area contributed by atoms with E-state index in [0.29, 0.717) is 40.1 Å². The lowest BCUT2D eigenvalue weighted by atomic mass is 10.0. The summed E-state index contributed by atoms with van der Waals surface area (Å²) in [5, 5.41) is 9.41. The molecule has 0 unspecified atom stereocenters. The number of carbonyl (C=O) groups excluding carboxylic acids is 2. The fraction of sp³-hybridized carbons (Fsp3) is 0.360. The van der Waals surface area contributed by atoms with Crippen LogP contribution in [0.3, 0.4) is 0 Å². The number of benzene rings is 2. The molecule has 0 aliphatic carbocycles. The van der Waals surface area contributed by atoms with Crippen LogP contribution < -0.4 is 30.2 Å². The monoisotopic (exact) mass is 497 g/mol. The van der Waals surface area contributed by atoms with Crippen LogP contribution in [0.25, 0.3) is 10.9 Å². The van der Waals surface area contributed by atoms with Crippen molar-refractivity contribution in [1.29, 1.82) is 0 Å². The molecule has 1 aromatic heterocycles. The Morgan fingerprint density at radius 1 is 0.944 bits per heavy atom. The topological polar surface area (TPSA) is 133 Å². The number of aromatic nitrogens is 2. The number of urea groups is 1. The minimum atomic E-state index is -0.600. The Morgan fingerprint density at radius 3 is 2.19 bits per heavy atom. The lowest BCUT2D eigenvalue weighted by Gasteiger charge is -2.21. The fourth-order valence-corrected chi connectivity index (χ4v) is 3.57. The molecule has 1 atom stereocenters. The number of hydrogen-bond donors (Lipinski definition) is 3. The van der Waals surface area contributed by atoms with Gasteiger partial charge in [0.05, 0.1) is 46.2 Å². The van der Waals surface area contributed by atoms with Crippen molar-refractivity contribution >= 4 is 34.4 Å². The van der Waals surface area contributed by atoms with Gasteiger partial charge >= 0.3 is 12.0 Å². The Labute approximate surface area is 209 Å². The predicted molar refractivity (Wildman–Crippen MR) is 136 cm³/mol. The number of ether oxygens (including phenoxy) is 4. The lowest BCUT2D eigenvalue weighted by Crippen LogP contribution is -2.36. The van der Waals surface area contributed by atoms with Gasteiger partial charge in [-0.15, -0.1) is 0 Å². The molecular formula is C25H31N5O6. The van der Waals surface area contributed by atoms with E-state index in [1.165, 1.54) is 28.4 Å². The summed E-state index contributed by atoms with van der Waals surface area (Å²) in [4.78, 5) is 34.0. The van der Waals surface area contributed by atoms with Crippen LogP contribution in [-0.2, 0) is 16.1 Å². The van der Waals surface area contributed by atoms with Crippen LogP contribution in [0.1, 0.15) is 19.7 Å². The van der Waals surface area contributed by atoms with E-state index in [1.54, 1.807) is 12.1 Å². The van der Waals surface area contributed by atoms with Crippen LogP contribution in [0.15, 0.2) is 36.4 Å². The Hall–Kier alpha value is -4.28. The van der Waals surface area contributed by atoms with Crippen LogP contribution in [0.2, 0.25) is 0 Å². The minimum absolute atomic E-state index is 0.0420. The normalized spacial score (nSPS) is 11.5. The Balaban J connectivity index is 1.80. The number of fused-ring (bicyclic) bond motifs is 1. The molecule has 192 valence electrons. The summed E-state index contributed by atoms with van der Waals surface area (Å²) >= 11 is 0. The Kier molecular flexibility index (Phi) is 8.71. The Bertz CT molecular complexity index is 1210. The summed E-state index contributed by atoms with van der Waals surface area (Å²) in [5.41, 5.74) is 1.12. The van der Waals surface area contributed by atoms with Gasteiger partial charge in [-0.2, -0.15) is 0 Å². The molecule has 0 bridgehead atoms. The number of anilines is 2. The zero-order valence-corrected chi connectivity index (χ0v) is 21.2. The molecule has 0 fully saturated rings. The number of nitrogens with one attached hydrogen (secondary N) is 3.